The van der Waals surface area contributed by atoms with Gasteiger partial charge in [-0.15, -0.1) is 0 Å². The van der Waals surface area contributed by atoms with Gasteiger partial charge in [0, 0.05) is 6.26 Å². The first-order chi connectivity index (χ1) is 10.5. The van der Waals surface area contributed by atoms with Crippen LogP contribution in [0.5, 0.6) is 0 Å². The maximum atomic E-state index is 11.9. The number of hydrogen-bond acceptors (Lipinski definition) is 2. The topological polar surface area (TPSA) is 34.1 Å². The van der Waals surface area contributed by atoms with Gasteiger partial charge in [-0.05, 0) is 47.6 Å². The van der Waals surface area contributed by atoms with Crippen LogP contribution < -0.4 is 0 Å². The van der Waals surface area contributed by atoms with Gasteiger partial charge in [-0.3, -0.25) is 0 Å². The van der Waals surface area contributed by atoms with E-state index in [0.717, 1.165) is 30.4 Å². The number of benzene rings is 2. The molecule has 118 valence electrons. The molecule has 0 fully saturated rings. The molecule has 0 aromatic heterocycles. The monoisotopic (exact) mass is 316 g/mol. The molecular formula is C19H24O2S. The molecule has 0 saturated heterocycles. The molecule has 1 unspecified atom stereocenters. The summed E-state index contributed by atoms with van der Waals surface area (Å²) in [4.78, 5) is 0.390. The third kappa shape index (κ3) is 3.77. The van der Waals surface area contributed by atoms with Crippen LogP contribution in [0.4, 0.5) is 0 Å². The largest absolute Gasteiger partial charge is 0.224 e. The first kappa shape index (κ1) is 16.8. The molecule has 0 N–H and O–H groups in total. The molecule has 0 radical (unpaired) electrons. The van der Waals surface area contributed by atoms with E-state index in [2.05, 4.69) is 13.8 Å². The Hall–Kier alpha value is -1.61. The molecule has 0 aliphatic carbocycles. The summed E-state index contributed by atoms with van der Waals surface area (Å²) in [5, 5.41) is 0. The van der Waals surface area contributed by atoms with Crippen LogP contribution in [-0.4, -0.2) is 14.7 Å². The van der Waals surface area contributed by atoms with Crippen LogP contribution in [0.25, 0.3) is 11.1 Å². The zero-order valence-corrected chi connectivity index (χ0v) is 14.4. The first-order valence-corrected chi connectivity index (χ1v) is 9.76. The summed E-state index contributed by atoms with van der Waals surface area (Å²) in [7, 11) is -3.19. The highest BCUT2D eigenvalue weighted by molar-refractivity contribution is 7.90. The molecule has 22 heavy (non-hydrogen) atoms. The second-order valence-corrected chi connectivity index (χ2v) is 7.80. The van der Waals surface area contributed by atoms with Crippen LogP contribution in [0.15, 0.2) is 53.4 Å². The minimum absolute atomic E-state index is 0.390. The van der Waals surface area contributed by atoms with Gasteiger partial charge >= 0.3 is 0 Å². The van der Waals surface area contributed by atoms with Gasteiger partial charge in [0.25, 0.3) is 0 Å². The van der Waals surface area contributed by atoms with E-state index in [4.69, 9.17) is 0 Å². The number of hydrogen-bond donors (Lipinski definition) is 0. The second-order valence-electron chi connectivity index (χ2n) is 5.78. The minimum atomic E-state index is -3.19. The standard InChI is InChI=1S/C19H24O2S/c1-4-9-15(5-2)18-13-12-17(22(3,20)21)14-19(18)16-10-7-6-8-11-16/h6-8,10-15H,4-5,9H2,1-3H3. The fraction of sp³-hybridized carbons (Fsp3) is 0.368. The molecule has 2 aromatic carbocycles. The van der Waals surface area contributed by atoms with Crippen molar-refractivity contribution in [3.05, 3.63) is 54.1 Å². The van der Waals surface area contributed by atoms with E-state index in [1.54, 1.807) is 6.07 Å². The summed E-state index contributed by atoms with van der Waals surface area (Å²) in [5.74, 6) is 0.466. The Kier molecular flexibility index (Phi) is 5.41. The van der Waals surface area contributed by atoms with Crippen molar-refractivity contribution >= 4 is 9.84 Å². The summed E-state index contributed by atoms with van der Waals surface area (Å²) >= 11 is 0. The lowest BCUT2D eigenvalue weighted by Gasteiger charge is -2.20. The average Bonchev–Trinajstić information content (AvgIpc) is 2.52. The molecule has 2 rings (SSSR count). The van der Waals surface area contributed by atoms with Crippen LogP contribution in [0, 0.1) is 0 Å². The second kappa shape index (κ2) is 7.10. The summed E-state index contributed by atoms with van der Waals surface area (Å²) in [6.45, 7) is 4.38. The van der Waals surface area contributed by atoms with Crippen molar-refractivity contribution in [1.82, 2.24) is 0 Å². The van der Waals surface area contributed by atoms with Gasteiger partial charge < -0.3 is 0 Å². The molecule has 0 aliphatic heterocycles. The summed E-state index contributed by atoms with van der Waals surface area (Å²) in [6.07, 6.45) is 4.57. The van der Waals surface area contributed by atoms with Gasteiger partial charge in [0.15, 0.2) is 9.84 Å². The van der Waals surface area contributed by atoms with Crippen molar-refractivity contribution in [2.24, 2.45) is 0 Å². The van der Waals surface area contributed by atoms with Crippen LogP contribution in [0.3, 0.4) is 0 Å². The van der Waals surface area contributed by atoms with E-state index in [-0.39, 0.29) is 0 Å². The minimum Gasteiger partial charge on any atom is -0.224 e. The van der Waals surface area contributed by atoms with Gasteiger partial charge in [0.2, 0.25) is 0 Å². The Morgan fingerprint density at radius 3 is 2.23 bits per heavy atom. The smallest absolute Gasteiger partial charge is 0.175 e. The van der Waals surface area contributed by atoms with Crippen molar-refractivity contribution in [2.45, 2.75) is 43.9 Å². The number of sulfone groups is 1. The quantitative estimate of drug-likeness (QED) is 0.747. The molecular weight excluding hydrogens is 292 g/mol. The van der Waals surface area contributed by atoms with Crippen molar-refractivity contribution in [1.29, 1.82) is 0 Å². The van der Waals surface area contributed by atoms with Gasteiger partial charge in [0.05, 0.1) is 4.90 Å². The lowest BCUT2D eigenvalue weighted by molar-refractivity contribution is 0.594. The van der Waals surface area contributed by atoms with Crippen molar-refractivity contribution in [3.63, 3.8) is 0 Å². The Labute approximate surface area is 134 Å². The highest BCUT2D eigenvalue weighted by atomic mass is 32.2. The molecule has 0 spiro atoms. The molecule has 0 heterocycles. The van der Waals surface area contributed by atoms with E-state index < -0.39 is 9.84 Å². The predicted molar refractivity (Wildman–Crippen MR) is 92.9 cm³/mol. The van der Waals surface area contributed by atoms with Crippen LogP contribution in [-0.2, 0) is 9.84 Å². The van der Waals surface area contributed by atoms with E-state index in [1.807, 2.05) is 42.5 Å². The van der Waals surface area contributed by atoms with Crippen LogP contribution >= 0.6 is 0 Å². The molecule has 0 aliphatic rings. The van der Waals surface area contributed by atoms with Crippen LogP contribution in [0.2, 0.25) is 0 Å². The summed E-state index contributed by atoms with van der Waals surface area (Å²) in [5.41, 5.74) is 3.38. The van der Waals surface area contributed by atoms with Gasteiger partial charge in [-0.1, -0.05) is 56.7 Å². The Balaban J connectivity index is 2.63. The van der Waals surface area contributed by atoms with Crippen molar-refractivity contribution in [3.8, 4) is 11.1 Å². The lowest BCUT2D eigenvalue weighted by atomic mass is 9.86. The Morgan fingerprint density at radius 2 is 1.68 bits per heavy atom. The normalized spacial score (nSPS) is 13.0. The predicted octanol–water partition coefficient (Wildman–Crippen LogP) is 5.05. The third-order valence-electron chi connectivity index (χ3n) is 4.11. The molecule has 3 heteroatoms. The van der Waals surface area contributed by atoms with Crippen molar-refractivity contribution < 1.29 is 8.42 Å². The Morgan fingerprint density at radius 1 is 1.00 bits per heavy atom. The molecule has 0 amide bonds. The fourth-order valence-electron chi connectivity index (χ4n) is 2.92. The molecule has 0 bridgehead atoms. The van der Waals surface area contributed by atoms with Gasteiger partial charge in [0.1, 0.15) is 0 Å². The molecule has 2 aromatic rings. The first-order valence-electron chi connectivity index (χ1n) is 7.86. The number of rotatable bonds is 6. The van der Waals surface area contributed by atoms with E-state index in [0.29, 0.717) is 10.8 Å². The van der Waals surface area contributed by atoms with E-state index in [9.17, 15) is 8.42 Å². The van der Waals surface area contributed by atoms with E-state index >= 15 is 0 Å². The van der Waals surface area contributed by atoms with E-state index in [1.165, 1.54) is 11.8 Å². The van der Waals surface area contributed by atoms with Gasteiger partial charge in [-0.25, -0.2) is 8.42 Å². The maximum Gasteiger partial charge on any atom is 0.175 e. The fourth-order valence-corrected chi connectivity index (χ4v) is 3.56. The van der Waals surface area contributed by atoms with Gasteiger partial charge in [-0.2, -0.15) is 0 Å². The molecule has 0 saturated carbocycles. The lowest BCUT2D eigenvalue weighted by Crippen LogP contribution is -2.03. The highest BCUT2D eigenvalue weighted by Gasteiger charge is 2.17. The summed E-state index contributed by atoms with van der Waals surface area (Å²) < 4.78 is 23.8. The molecule has 1 atom stereocenters. The zero-order valence-electron chi connectivity index (χ0n) is 13.5. The van der Waals surface area contributed by atoms with Crippen molar-refractivity contribution in [2.75, 3.05) is 6.26 Å². The average molecular weight is 316 g/mol. The maximum absolute atomic E-state index is 11.9. The SMILES string of the molecule is CCCC(CC)c1ccc(S(C)(=O)=O)cc1-c1ccccc1. The summed E-state index contributed by atoms with van der Waals surface area (Å²) in [6, 6.07) is 15.6. The Bertz CT molecular complexity index is 718. The zero-order chi connectivity index (χ0) is 16.2. The van der Waals surface area contributed by atoms with Crippen LogP contribution in [0.1, 0.15) is 44.6 Å². The highest BCUT2D eigenvalue weighted by Crippen LogP contribution is 2.35. The molecule has 2 nitrogen and oxygen atoms in total. The third-order valence-corrected chi connectivity index (χ3v) is 5.22.